The largest absolute Gasteiger partial charge is 0.460 e. The quantitative estimate of drug-likeness (QED) is 0.489. The number of ether oxygens (including phenoxy) is 2. The monoisotopic (exact) mass is 445 g/mol. The van der Waals surface area contributed by atoms with E-state index in [-0.39, 0.29) is 19.0 Å². The maximum absolute atomic E-state index is 12.5. The van der Waals surface area contributed by atoms with Gasteiger partial charge in [-0.05, 0) is 31.5 Å². The van der Waals surface area contributed by atoms with Crippen molar-refractivity contribution in [3.63, 3.8) is 0 Å². The third-order valence-corrected chi connectivity index (χ3v) is 5.72. The van der Waals surface area contributed by atoms with E-state index < -0.39 is 28.5 Å². The summed E-state index contributed by atoms with van der Waals surface area (Å²) in [6, 6.07) is 13.8. The molecule has 3 rings (SSSR count). The van der Waals surface area contributed by atoms with Crippen LogP contribution in [-0.2, 0) is 30.9 Å². The van der Waals surface area contributed by atoms with Gasteiger partial charge in [0.25, 0.3) is 0 Å². The summed E-state index contributed by atoms with van der Waals surface area (Å²) in [5.41, 5.74) is 1.91. The number of rotatable bonds is 8. The van der Waals surface area contributed by atoms with Gasteiger partial charge < -0.3 is 13.9 Å². The fourth-order valence-corrected chi connectivity index (χ4v) is 4.05. The molecule has 0 aliphatic heterocycles. The first-order valence-corrected chi connectivity index (χ1v) is 11.4. The van der Waals surface area contributed by atoms with Crippen LogP contribution in [-0.4, -0.2) is 39.8 Å². The van der Waals surface area contributed by atoms with Crippen LogP contribution < -0.4 is 4.31 Å². The molecule has 8 nitrogen and oxygen atoms in total. The minimum absolute atomic E-state index is 0.0466. The summed E-state index contributed by atoms with van der Waals surface area (Å²) in [6.07, 6.45) is 1.02. The molecule has 164 valence electrons. The van der Waals surface area contributed by atoms with E-state index in [0.29, 0.717) is 27.8 Å². The van der Waals surface area contributed by atoms with Crippen molar-refractivity contribution in [3.8, 4) is 0 Å². The molecule has 31 heavy (non-hydrogen) atoms. The van der Waals surface area contributed by atoms with Crippen LogP contribution in [0, 0.1) is 6.92 Å². The number of fused-ring (bicyclic) bond motifs is 1. The Bertz CT molecular complexity index is 1210. The summed E-state index contributed by atoms with van der Waals surface area (Å²) in [6.45, 7) is 2.81. The van der Waals surface area contributed by atoms with Crippen LogP contribution in [0.3, 0.4) is 0 Å². The third-order valence-electron chi connectivity index (χ3n) is 4.59. The third kappa shape index (κ3) is 5.05. The zero-order chi connectivity index (χ0) is 22.6. The number of carbonyl (C=O) groups excluding carboxylic acids is 2. The molecule has 2 aromatic carbocycles. The lowest BCUT2D eigenvalue weighted by Gasteiger charge is -2.23. The zero-order valence-electron chi connectivity index (χ0n) is 17.5. The average molecular weight is 445 g/mol. The normalized spacial score (nSPS) is 11.3. The SMILES string of the molecule is CCOC(=O)c1oc2ccccc2c1COC(=O)CN(c1ccccc1C)S(C)(=O)=O. The maximum Gasteiger partial charge on any atom is 0.374 e. The van der Waals surface area contributed by atoms with E-state index in [0.717, 1.165) is 10.6 Å². The van der Waals surface area contributed by atoms with Gasteiger partial charge >= 0.3 is 11.9 Å². The second-order valence-corrected chi connectivity index (χ2v) is 8.75. The smallest absolute Gasteiger partial charge is 0.374 e. The van der Waals surface area contributed by atoms with E-state index in [1.165, 1.54) is 0 Å². The average Bonchev–Trinajstić information content (AvgIpc) is 3.09. The van der Waals surface area contributed by atoms with Crippen molar-refractivity contribution >= 4 is 38.6 Å². The van der Waals surface area contributed by atoms with Gasteiger partial charge in [-0.25, -0.2) is 13.2 Å². The molecule has 9 heteroatoms. The molecule has 0 N–H and O–H groups in total. The van der Waals surface area contributed by atoms with Gasteiger partial charge in [0.1, 0.15) is 18.7 Å². The second-order valence-electron chi connectivity index (χ2n) is 6.84. The van der Waals surface area contributed by atoms with E-state index in [4.69, 9.17) is 13.9 Å². The van der Waals surface area contributed by atoms with Gasteiger partial charge in [-0.2, -0.15) is 0 Å². The van der Waals surface area contributed by atoms with Crippen molar-refractivity contribution in [2.45, 2.75) is 20.5 Å². The fourth-order valence-electron chi connectivity index (χ4n) is 3.14. The number of hydrogen-bond donors (Lipinski definition) is 0. The predicted molar refractivity (Wildman–Crippen MR) is 115 cm³/mol. The Labute approximate surface area is 180 Å². The molecular weight excluding hydrogens is 422 g/mol. The van der Waals surface area contributed by atoms with Gasteiger partial charge in [-0.3, -0.25) is 9.10 Å². The Morgan fingerprint density at radius 2 is 1.71 bits per heavy atom. The van der Waals surface area contributed by atoms with Gasteiger partial charge in [-0.1, -0.05) is 36.4 Å². The topological polar surface area (TPSA) is 103 Å². The number of carbonyl (C=O) groups is 2. The molecule has 0 unspecified atom stereocenters. The highest BCUT2D eigenvalue weighted by Gasteiger charge is 2.25. The highest BCUT2D eigenvalue weighted by atomic mass is 32.2. The number of furan rings is 1. The fraction of sp³-hybridized carbons (Fsp3) is 0.273. The van der Waals surface area contributed by atoms with Gasteiger partial charge in [-0.15, -0.1) is 0 Å². The summed E-state index contributed by atoms with van der Waals surface area (Å²) in [7, 11) is -3.73. The van der Waals surface area contributed by atoms with Crippen molar-refractivity contribution < 1.29 is 31.9 Å². The molecule has 0 saturated heterocycles. The molecule has 0 amide bonds. The number of benzene rings is 2. The standard InChI is InChI=1S/C22H23NO7S/c1-4-28-22(25)21-17(16-10-6-8-12-19(16)30-21)14-29-20(24)13-23(31(3,26)27)18-11-7-5-9-15(18)2/h5-12H,4,13-14H2,1-3H3. The molecule has 0 atom stereocenters. The maximum atomic E-state index is 12.5. The van der Waals surface area contributed by atoms with E-state index in [1.807, 2.05) is 0 Å². The van der Waals surface area contributed by atoms with Crippen LogP contribution in [0.4, 0.5) is 5.69 Å². The summed E-state index contributed by atoms with van der Waals surface area (Å²) < 4.78 is 41.5. The second kappa shape index (κ2) is 9.22. The summed E-state index contributed by atoms with van der Waals surface area (Å²) >= 11 is 0. The van der Waals surface area contributed by atoms with Crippen molar-refractivity contribution in [2.75, 3.05) is 23.7 Å². The predicted octanol–water partition coefficient (Wildman–Crippen LogP) is 3.43. The zero-order valence-corrected chi connectivity index (χ0v) is 18.3. The molecule has 0 radical (unpaired) electrons. The molecule has 1 heterocycles. The lowest BCUT2D eigenvalue weighted by atomic mass is 10.1. The first-order valence-electron chi connectivity index (χ1n) is 9.58. The van der Waals surface area contributed by atoms with Crippen molar-refractivity contribution in [1.82, 2.24) is 0 Å². The number of aryl methyl sites for hydroxylation is 1. The summed E-state index contributed by atoms with van der Waals surface area (Å²) in [5, 5.41) is 0.609. The highest BCUT2D eigenvalue weighted by molar-refractivity contribution is 7.92. The number of hydrogen-bond acceptors (Lipinski definition) is 7. The molecule has 0 spiro atoms. The van der Waals surface area contributed by atoms with Crippen LogP contribution in [0.2, 0.25) is 0 Å². The van der Waals surface area contributed by atoms with Crippen molar-refractivity contribution in [3.05, 3.63) is 65.4 Å². The molecule has 1 aromatic heterocycles. The number of para-hydroxylation sites is 2. The number of sulfonamides is 1. The Kier molecular flexibility index (Phi) is 6.65. The van der Waals surface area contributed by atoms with Crippen LogP contribution >= 0.6 is 0 Å². The summed E-state index contributed by atoms with van der Waals surface area (Å²) in [4.78, 5) is 24.8. The van der Waals surface area contributed by atoms with Crippen molar-refractivity contribution in [2.24, 2.45) is 0 Å². The lowest BCUT2D eigenvalue weighted by Crippen LogP contribution is -2.36. The highest BCUT2D eigenvalue weighted by Crippen LogP contribution is 2.28. The molecule has 0 aliphatic rings. The molecule has 0 bridgehead atoms. The Morgan fingerprint density at radius 3 is 2.39 bits per heavy atom. The van der Waals surface area contributed by atoms with Crippen LogP contribution in [0.25, 0.3) is 11.0 Å². The van der Waals surface area contributed by atoms with Gasteiger partial charge in [0.15, 0.2) is 0 Å². The first-order chi connectivity index (χ1) is 14.7. The Hall–Kier alpha value is -3.33. The molecule has 0 fully saturated rings. The van der Waals surface area contributed by atoms with Crippen LogP contribution in [0.1, 0.15) is 28.6 Å². The molecule has 0 aliphatic carbocycles. The number of anilines is 1. The molecule has 0 saturated carbocycles. The van der Waals surface area contributed by atoms with Crippen molar-refractivity contribution in [1.29, 1.82) is 0 Å². The Balaban J connectivity index is 1.83. The van der Waals surface area contributed by atoms with Gasteiger partial charge in [0, 0.05) is 5.39 Å². The molecular formula is C22H23NO7S. The number of nitrogens with zero attached hydrogens (tertiary/aromatic N) is 1. The van der Waals surface area contributed by atoms with E-state index in [2.05, 4.69) is 0 Å². The van der Waals surface area contributed by atoms with Gasteiger partial charge in [0.2, 0.25) is 15.8 Å². The Morgan fingerprint density at radius 1 is 1.03 bits per heavy atom. The minimum Gasteiger partial charge on any atom is -0.460 e. The van der Waals surface area contributed by atoms with Crippen LogP contribution in [0.15, 0.2) is 52.9 Å². The number of esters is 2. The summed E-state index contributed by atoms with van der Waals surface area (Å²) in [5.74, 6) is -1.48. The minimum atomic E-state index is -3.73. The lowest BCUT2D eigenvalue weighted by molar-refractivity contribution is -0.143. The van der Waals surface area contributed by atoms with E-state index in [9.17, 15) is 18.0 Å². The van der Waals surface area contributed by atoms with Gasteiger partial charge in [0.05, 0.1) is 24.1 Å². The van der Waals surface area contributed by atoms with E-state index >= 15 is 0 Å². The van der Waals surface area contributed by atoms with Crippen LogP contribution in [0.5, 0.6) is 0 Å². The molecule has 3 aromatic rings. The van der Waals surface area contributed by atoms with E-state index in [1.54, 1.807) is 62.4 Å². The first kappa shape index (κ1) is 22.4.